The summed E-state index contributed by atoms with van der Waals surface area (Å²) in [5.41, 5.74) is 1.63. The minimum absolute atomic E-state index is 0.162. The minimum Gasteiger partial charge on any atom is -0.480 e. The number of carboxylic acids is 3. The molecule has 0 bridgehead atoms. The van der Waals surface area contributed by atoms with Gasteiger partial charge >= 0.3 is 30.3 Å². The van der Waals surface area contributed by atoms with Gasteiger partial charge in [0, 0.05) is 18.0 Å². The van der Waals surface area contributed by atoms with Gasteiger partial charge in [0.2, 0.25) is 0 Å². The molecule has 3 N–H and O–H groups in total. The molecule has 2 aliphatic rings. The van der Waals surface area contributed by atoms with Crippen molar-refractivity contribution in [1.29, 1.82) is 0 Å². The summed E-state index contributed by atoms with van der Waals surface area (Å²) in [5, 5.41) is 23.2. The van der Waals surface area contributed by atoms with Gasteiger partial charge in [0.25, 0.3) is 0 Å². The molecule has 0 saturated carbocycles. The van der Waals surface area contributed by atoms with Crippen molar-refractivity contribution in [3.8, 4) is 0 Å². The Labute approximate surface area is 190 Å². The van der Waals surface area contributed by atoms with Crippen molar-refractivity contribution in [2.75, 3.05) is 33.2 Å². The second-order valence-electron chi connectivity index (χ2n) is 7.75. The first-order chi connectivity index (χ1) is 15.5. The summed E-state index contributed by atoms with van der Waals surface area (Å²) in [5.74, 6) is -6.24. The van der Waals surface area contributed by atoms with E-state index >= 15 is 0 Å². The summed E-state index contributed by atoms with van der Waals surface area (Å²) in [6, 6.07) is 11.2. The predicted molar refractivity (Wildman–Crippen MR) is 105 cm³/mol. The van der Waals surface area contributed by atoms with Crippen molar-refractivity contribution in [2.45, 2.75) is 36.7 Å². The highest BCUT2D eigenvalue weighted by atomic mass is 19.4. The molecule has 2 saturated heterocycles. The molecule has 2 heterocycles. The Kier molecular flexibility index (Phi) is 9.87. The third kappa shape index (κ3) is 8.17. The molecule has 192 valence electrons. The van der Waals surface area contributed by atoms with Crippen LogP contribution in [0.15, 0.2) is 30.3 Å². The van der Waals surface area contributed by atoms with Crippen molar-refractivity contribution in [3.63, 3.8) is 0 Å². The van der Waals surface area contributed by atoms with Gasteiger partial charge in [0.15, 0.2) is 0 Å². The van der Waals surface area contributed by atoms with Gasteiger partial charge in [-0.15, -0.1) is 0 Å². The molecule has 0 spiro atoms. The maximum atomic E-state index is 10.9. The second kappa shape index (κ2) is 11.5. The molecule has 1 aromatic carbocycles. The fourth-order valence-electron chi connectivity index (χ4n) is 4.01. The number of alkyl halides is 6. The molecule has 2 fully saturated rings. The van der Waals surface area contributed by atoms with Crippen molar-refractivity contribution in [3.05, 3.63) is 35.9 Å². The molecule has 34 heavy (non-hydrogen) atoms. The summed E-state index contributed by atoms with van der Waals surface area (Å²) >= 11 is 0. The van der Waals surface area contributed by atoms with Gasteiger partial charge in [-0.2, -0.15) is 26.3 Å². The molecule has 3 rings (SSSR count). The maximum Gasteiger partial charge on any atom is 0.490 e. The summed E-state index contributed by atoms with van der Waals surface area (Å²) in [7, 11) is 2.17. The Morgan fingerprint density at radius 2 is 1.35 bits per heavy atom. The molecule has 0 amide bonds. The van der Waals surface area contributed by atoms with Crippen LogP contribution in [0, 0.1) is 0 Å². The molecule has 0 aliphatic carbocycles. The van der Waals surface area contributed by atoms with Crippen LogP contribution in [0.4, 0.5) is 26.3 Å². The number of carbonyl (C=O) groups is 3. The zero-order chi connectivity index (χ0) is 26.3. The van der Waals surface area contributed by atoms with E-state index in [9.17, 15) is 31.1 Å². The van der Waals surface area contributed by atoms with Crippen LogP contribution in [0.1, 0.15) is 18.4 Å². The number of fused-ring (bicyclic) bond motifs is 1. The highest BCUT2D eigenvalue weighted by molar-refractivity contribution is 5.73. The Hall–Kier alpha value is -2.87. The molecular formula is C20H24F6N2O6. The topological polar surface area (TPSA) is 118 Å². The lowest BCUT2D eigenvalue weighted by atomic mass is 9.69. The van der Waals surface area contributed by atoms with Crippen molar-refractivity contribution >= 4 is 17.9 Å². The van der Waals surface area contributed by atoms with Crippen LogP contribution in [0.2, 0.25) is 0 Å². The zero-order valence-corrected chi connectivity index (χ0v) is 17.9. The standard InChI is InChI=1S/C16H22N2O2.2C2HF3O2/c1-17-9-7-16(13-5-3-2-4-6-13)8-10-18(11-14(16)17)12-15(19)20;2*3-2(4,5)1(6)7/h2-6,14H,7-12H2,1H3,(H,19,20);2*(H,6,7). The Morgan fingerprint density at radius 1 is 0.912 bits per heavy atom. The molecule has 0 aromatic heterocycles. The zero-order valence-electron chi connectivity index (χ0n) is 17.9. The molecule has 8 nitrogen and oxygen atoms in total. The molecule has 2 unspecified atom stereocenters. The van der Waals surface area contributed by atoms with Crippen LogP contribution >= 0.6 is 0 Å². The van der Waals surface area contributed by atoms with E-state index in [1.54, 1.807) is 0 Å². The summed E-state index contributed by atoms with van der Waals surface area (Å²) in [6.45, 7) is 3.00. The van der Waals surface area contributed by atoms with E-state index in [1.807, 2.05) is 0 Å². The van der Waals surface area contributed by atoms with Crippen LogP contribution in [0.3, 0.4) is 0 Å². The van der Waals surface area contributed by atoms with Crippen molar-refractivity contribution in [1.82, 2.24) is 9.80 Å². The molecule has 2 atom stereocenters. The van der Waals surface area contributed by atoms with Gasteiger partial charge in [0.1, 0.15) is 0 Å². The normalized spacial score (nSPS) is 23.0. The number of piperidine rings is 1. The van der Waals surface area contributed by atoms with E-state index in [1.165, 1.54) is 12.0 Å². The van der Waals surface area contributed by atoms with E-state index in [-0.39, 0.29) is 12.0 Å². The fraction of sp³-hybridized carbons (Fsp3) is 0.550. The van der Waals surface area contributed by atoms with Crippen molar-refractivity contribution in [2.24, 2.45) is 0 Å². The first kappa shape index (κ1) is 29.2. The molecule has 14 heteroatoms. The fourth-order valence-corrected chi connectivity index (χ4v) is 4.01. The number of rotatable bonds is 3. The van der Waals surface area contributed by atoms with Gasteiger partial charge < -0.3 is 20.2 Å². The molecule has 1 aromatic rings. The highest BCUT2D eigenvalue weighted by Gasteiger charge is 2.50. The van der Waals surface area contributed by atoms with Gasteiger partial charge in [-0.25, -0.2) is 9.59 Å². The number of hydrogen-bond acceptors (Lipinski definition) is 5. The number of likely N-dealkylation sites (N-methyl/N-ethyl adjacent to an activating group) is 1. The quantitative estimate of drug-likeness (QED) is 0.540. The van der Waals surface area contributed by atoms with Crippen LogP contribution in [-0.2, 0) is 19.8 Å². The van der Waals surface area contributed by atoms with E-state index in [0.29, 0.717) is 6.04 Å². The number of halogens is 6. The predicted octanol–water partition coefficient (Wildman–Crippen LogP) is 2.69. The summed E-state index contributed by atoms with van der Waals surface area (Å²) in [4.78, 5) is 33.2. The first-order valence-corrected chi connectivity index (χ1v) is 9.81. The number of hydrogen-bond donors (Lipinski definition) is 3. The van der Waals surface area contributed by atoms with Crippen LogP contribution in [-0.4, -0.2) is 94.6 Å². The second-order valence-corrected chi connectivity index (χ2v) is 7.75. The SMILES string of the molecule is CN1CCC2(c3ccccc3)CCN(CC(=O)O)CC12.O=C(O)C(F)(F)F.O=C(O)C(F)(F)F. The van der Waals surface area contributed by atoms with E-state index in [0.717, 1.165) is 26.1 Å². The number of aliphatic carboxylic acids is 3. The lowest BCUT2D eigenvalue weighted by molar-refractivity contribution is -0.193. The third-order valence-corrected chi connectivity index (χ3v) is 5.58. The minimum atomic E-state index is -5.08. The smallest absolute Gasteiger partial charge is 0.480 e. The third-order valence-electron chi connectivity index (χ3n) is 5.58. The first-order valence-electron chi connectivity index (χ1n) is 9.81. The van der Waals surface area contributed by atoms with E-state index in [4.69, 9.17) is 24.9 Å². The molecular weight excluding hydrogens is 478 g/mol. The van der Waals surface area contributed by atoms with E-state index in [2.05, 4.69) is 47.2 Å². The van der Waals surface area contributed by atoms with Crippen LogP contribution < -0.4 is 0 Å². The Bertz CT molecular complexity index is 824. The summed E-state index contributed by atoms with van der Waals surface area (Å²) < 4.78 is 63.5. The number of carboxylic acid groups (broad SMARTS) is 3. The lowest BCUT2D eigenvalue weighted by Gasteiger charge is -2.45. The molecule has 2 aliphatic heterocycles. The molecule has 0 radical (unpaired) electrons. The average Bonchev–Trinajstić information content (AvgIpc) is 3.05. The van der Waals surface area contributed by atoms with Crippen molar-refractivity contribution < 1.29 is 56.0 Å². The lowest BCUT2D eigenvalue weighted by Crippen LogP contribution is -2.55. The summed E-state index contributed by atoms with van der Waals surface area (Å²) in [6.07, 6.45) is -7.93. The van der Waals surface area contributed by atoms with E-state index < -0.39 is 30.3 Å². The Balaban J connectivity index is 0.000000343. The van der Waals surface area contributed by atoms with Gasteiger partial charge in [-0.3, -0.25) is 9.69 Å². The van der Waals surface area contributed by atoms with Gasteiger partial charge in [-0.1, -0.05) is 30.3 Å². The monoisotopic (exact) mass is 502 g/mol. The number of nitrogens with zero attached hydrogens (tertiary/aromatic N) is 2. The maximum absolute atomic E-state index is 10.9. The largest absolute Gasteiger partial charge is 0.490 e. The highest BCUT2D eigenvalue weighted by Crippen LogP contribution is 2.45. The average molecular weight is 502 g/mol. The van der Waals surface area contributed by atoms with Gasteiger partial charge in [0.05, 0.1) is 6.54 Å². The number of likely N-dealkylation sites (tertiary alicyclic amines) is 2. The number of benzene rings is 1. The van der Waals surface area contributed by atoms with Crippen LogP contribution in [0.25, 0.3) is 0 Å². The Morgan fingerprint density at radius 3 is 1.76 bits per heavy atom. The van der Waals surface area contributed by atoms with Crippen LogP contribution in [0.5, 0.6) is 0 Å². The van der Waals surface area contributed by atoms with Gasteiger partial charge in [-0.05, 0) is 38.5 Å².